The molecule has 0 radical (unpaired) electrons. The maximum Gasteiger partial charge on any atom is 0.410 e. The van der Waals surface area contributed by atoms with Crippen LogP contribution in [0.3, 0.4) is 0 Å². The van der Waals surface area contributed by atoms with Crippen molar-refractivity contribution >= 4 is 22.6 Å². The second-order valence-electron chi connectivity index (χ2n) is 5.68. The largest absolute Gasteiger partial charge is 0.444 e. The predicted octanol–water partition coefficient (Wildman–Crippen LogP) is 3.04. The SMILES string of the molecule is CNc1nc2c(s1)[C@@H](C)N(C(=O)OC(C)(C)C)CC2. The van der Waals surface area contributed by atoms with Gasteiger partial charge in [0.15, 0.2) is 5.13 Å². The summed E-state index contributed by atoms with van der Waals surface area (Å²) in [5.74, 6) is 0. The lowest BCUT2D eigenvalue weighted by atomic mass is 10.1. The van der Waals surface area contributed by atoms with Crippen LogP contribution in [0, 0.1) is 0 Å². The van der Waals surface area contributed by atoms with E-state index in [1.165, 1.54) is 0 Å². The Bertz CT molecular complexity index is 479. The van der Waals surface area contributed by atoms with Gasteiger partial charge in [0.05, 0.1) is 16.6 Å². The van der Waals surface area contributed by atoms with Crippen LogP contribution in [0.25, 0.3) is 0 Å². The zero-order chi connectivity index (χ0) is 14.2. The van der Waals surface area contributed by atoms with Gasteiger partial charge in [-0.3, -0.25) is 0 Å². The van der Waals surface area contributed by atoms with Gasteiger partial charge in [0, 0.05) is 20.0 Å². The lowest BCUT2D eigenvalue weighted by Crippen LogP contribution is -2.41. The van der Waals surface area contributed by atoms with Crippen LogP contribution in [0.5, 0.6) is 0 Å². The highest BCUT2D eigenvalue weighted by atomic mass is 32.1. The summed E-state index contributed by atoms with van der Waals surface area (Å²) < 4.78 is 5.45. The monoisotopic (exact) mass is 283 g/mol. The van der Waals surface area contributed by atoms with Crippen molar-refractivity contribution in [2.45, 2.75) is 45.8 Å². The number of anilines is 1. The number of fused-ring (bicyclic) bond motifs is 1. The molecule has 0 fully saturated rings. The first kappa shape index (κ1) is 14.1. The quantitative estimate of drug-likeness (QED) is 0.860. The van der Waals surface area contributed by atoms with Crippen LogP contribution in [-0.2, 0) is 11.2 Å². The van der Waals surface area contributed by atoms with Crippen molar-refractivity contribution < 1.29 is 9.53 Å². The smallest absolute Gasteiger partial charge is 0.410 e. The van der Waals surface area contributed by atoms with E-state index < -0.39 is 5.60 Å². The molecule has 1 atom stereocenters. The molecular weight excluding hydrogens is 262 g/mol. The molecule has 0 aromatic carbocycles. The van der Waals surface area contributed by atoms with Gasteiger partial charge in [0.1, 0.15) is 5.60 Å². The van der Waals surface area contributed by atoms with Gasteiger partial charge in [0.25, 0.3) is 0 Å². The number of aromatic nitrogens is 1. The third kappa shape index (κ3) is 3.00. The Hall–Kier alpha value is -1.30. The highest BCUT2D eigenvalue weighted by Gasteiger charge is 2.33. The highest BCUT2D eigenvalue weighted by Crippen LogP contribution is 2.36. The molecule has 0 aliphatic carbocycles. The molecule has 0 spiro atoms. The Morgan fingerprint density at radius 1 is 1.53 bits per heavy atom. The normalized spacial score (nSPS) is 19.0. The van der Waals surface area contributed by atoms with E-state index >= 15 is 0 Å². The standard InChI is InChI=1S/C13H21N3O2S/c1-8-10-9(15-11(14-5)19-10)6-7-16(8)12(17)18-13(2,3)4/h8H,6-7H2,1-5H3,(H,14,15)/t8-/m1/s1. The van der Waals surface area contributed by atoms with Gasteiger partial charge in [-0.15, -0.1) is 0 Å². The minimum Gasteiger partial charge on any atom is -0.444 e. The number of nitrogens with zero attached hydrogens (tertiary/aromatic N) is 2. The number of hydrogen-bond acceptors (Lipinski definition) is 5. The zero-order valence-corrected chi connectivity index (χ0v) is 12.9. The van der Waals surface area contributed by atoms with Crippen molar-refractivity contribution in [2.24, 2.45) is 0 Å². The molecule has 1 amide bonds. The van der Waals surface area contributed by atoms with Crippen molar-refractivity contribution in [1.82, 2.24) is 9.88 Å². The number of nitrogens with one attached hydrogen (secondary N) is 1. The van der Waals surface area contributed by atoms with Gasteiger partial charge in [0.2, 0.25) is 0 Å². The maximum atomic E-state index is 12.2. The summed E-state index contributed by atoms with van der Waals surface area (Å²) in [6, 6.07) is 0.0261. The molecule has 0 saturated carbocycles. The van der Waals surface area contributed by atoms with Crippen LogP contribution >= 0.6 is 11.3 Å². The molecule has 5 nitrogen and oxygen atoms in total. The second-order valence-corrected chi connectivity index (χ2v) is 6.71. The van der Waals surface area contributed by atoms with E-state index in [0.717, 1.165) is 22.1 Å². The average molecular weight is 283 g/mol. The molecule has 0 saturated heterocycles. The third-order valence-corrected chi connectivity index (χ3v) is 4.29. The van der Waals surface area contributed by atoms with Gasteiger partial charge in [-0.1, -0.05) is 11.3 Å². The molecular formula is C13H21N3O2S. The number of carbonyl (C=O) groups is 1. The summed E-state index contributed by atoms with van der Waals surface area (Å²) in [6.45, 7) is 8.35. The van der Waals surface area contributed by atoms with Gasteiger partial charge < -0.3 is 15.0 Å². The summed E-state index contributed by atoms with van der Waals surface area (Å²) in [7, 11) is 1.86. The van der Waals surface area contributed by atoms with Gasteiger partial charge in [-0.05, 0) is 27.7 Å². The van der Waals surface area contributed by atoms with E-state index in [4.69, 9.17) is 4.74 Å². The van der Waals surface area contributed by atoms with Crippen LogP contribution in [0.4, 0.5) is 9.93 Å². The van der Waals surface area contributed by atoms with Crippen LogP contribution in [0.15, 0.2) is 0 Å². The fourth-order valence-corrected chi connectivity index (χ4v) is 3.14. The molecule has 106 valence electrons. The number of ether oxygens (including phenoxy) is 1. The molecule has 1 aromatic rings. The predicted molar refractivity (Wildman–Crippen MR) is 76.7 cm³/mol. The van der Waals surface area contributed by atoms with Crippen molar-refractivity contribution in [3.05, 3.63) is 10.6 Å². The molecule has 6 heteroatoms. The van der Waals surface area contributed by atoms with Crippen molar-refractivity contribution in [2.75, 3.05) is 18.9 Å². The molecule has 1 aliphatic rings. The molecule has 1 aliphatic heterocycles. The first-order valence-corrected chi connectivity index (χ1v) is 7.30. The Labute approximate surface area is 118 Å². The van der Waals surface area contributed by atoms with Crippen molar-refractivity contribution in [1.29, 1.82) is 0 Å². The van der Waals surface area contributed by atoms with Crippen LogP contribution in [0.1, 0.15) is 44.3 Å². The third-order valence-electron chi connectivity index (χ3n) is 3.01. The van der Waals surface area contributed by atoms with Crippen molar-refractivity contribution in [3.8, 4) is 0 Å². The number of rotatable bonds is 1. The lowest BCUT2D eigenvalue weighted by Gasteiger charge is -2.34. The summed E-state index contributed by atoms with van der Waals surface area (Å²) in [5, 5.41) is 3.97. The van der Waals surface area contributed by atoms with Crippen LogP contribution < -0.4 is 5.32 Å². The summed E-state index contributed by atoms with van der Waals surface area (Å²) in [4.78, 5) is 19.6. The molecule has 2 heterocycles. The maximum absolute atomic E-state index is 12.2. The Kier molecular flexibility index (Phi) is 3.71. The zero-order valence-electron chi connectivity index (χ0n) is 12.1. The van der Waals surface area contributed by atoms with Crippen molar-refractivity contribution in [3.63, 3.8) is 0 Å². The van der Waals surface area contributed by atoms with E-state index in [0.29, 0.717) is 6.54 Å². The van der Waals surface area contributed by atoms with Gasteiger partial charge in [-0.25, -0.2) is 9.78 Å². The van der Waals surface area contributed by atoms with Crippen LogP contribution in [0.2, 0.25) is 0 Å². The molecule has 19 heavy (non-hydrogen) atoms. The molecule has 2 rings (SSSR count). The minimum atomic E-state index is -0.457. The molecule has 0 bridgehead atoms. The Balaban J connectivity index is 2.16. The molecule has 1 N–H and O–H groups in total. The van der Waals surface area contributed by atoms with Gasteiger partial charge in [-0.2, -0.15) is 0 Å². The number of carbonyl (C=O) groups excluding carboxylic acids is 1. The van der Waals surface area contributed by atoms with E-state index in [-0.39, 0.29) is 12.1 Å². The minimum absolute atomic E-state index is 0.0261. The topological polar surface area (TPSA) is 54.5 Å². The van der Waals surface area contributed by atoms with E-state index in [1.54, 1.807) is 16.2 Å². The number of hydrogen-bond donors (Lipinski definition) is 1. The molecule has 1 aromatic heterocycles. The van der Waals surface area contributed by atoms with E-state index in [2.05, 4.69) is 10.3 Å². The molecule has 0 unspecified atom stereocenters. The Morgan fingerprint density at radius 2 is 2.21 bits per heavy atom. The van der Waals surface area contributed by atoms with Crippen LogP contribution in [-0.4, -0.2) is 35.2 Å². The Morgan fingerprint density at radius 3 is 2.79 bits per heavy atom. The fourth-order valence-electron chi connectivity index (χ4n) is 2.11. The second kappa shape index (κ2) is 5.00. The van der Waals surface area contributed by atoms with Gasteiger partial charge >= 0.3 is 6.09 Å². The first-order valence-electron chi connectivity index (χ1n) is 6.49. The number of thiazole rings is 1. The summed E-state index contributed by atoms with van der Waals surface area (Å²) in [5.41, 5.74) is 0.641. The summed E-state index contributed by atoms with van der Waals surface area (Å²) in [6.07, 6.45) is 0.543. The van der Waals surface area contributed by atoms with E-state index in [1.807, 2.05) is 34.7 Å². The first-order chi connectivity index (χ1) is 8.81. The highest BCUT2D eigenvalue weighted by molar-refractivity contribution is 7.15. The lowest BCUT2D eigenvalue weighted by molar-refractivity contribution is 0.0162. The summed E-state index contributed by atoms with van der Waals surface area (Å²) >= 11 is 1.61. The number of amides is 1. The average Bonchev–Trinajstić information content (AvgIpc) is 2.71. The fraction of sp³-hybridized carbons (Fsp3) is 0.692. The van der Waals surface area contributed by atoms with E-state index in [9.17, 15) is 4.79 Å².